The van der Waals surface area contributed by atoms with E-state index in [2.05, 4.69) is 31.3 Å². The second-order valence-electron chi connectivity index (χ2n) is 18.9. The average molecular weight is 874 g/mol. The molecule has 6 heteroatoms. The Bertz CT molecular complexity index is 966. The zero-order valence-corrected chi connectivity index (χ0v) is 41.6. The molecule has 0 aliphatic carbocycles. The second-order valence-corrected chi connectivity index (χ2v) is 18.9. The molecule has 0 aromatic heterocycles. The molecule has 0 spiro atoms. The Balaban J connectivity index is 3.51. The number of nitrogens with one attached hydrogen (secondary N) is 1. The number of carbonyl (C=O) groups excluding carboxylic acids is 2. The molecule has 3 N–H and O–H groups in total. The van der Waals surface area contributed by atoms with Crippen LogP contribution in [0.5, 0.6) is 0 Å². The number of unbranched alkanes of at least 4 members (excludes halogenated alkanes) is 38. The smallest absolute Gasteiger partial charge is 0.305 e. The van der Waals surface area contributed by atoms with Gasteiger partial charge in [0.2, 0.25) is 5.91 Å². The maximum atomic E-state index is 12.5. The monoisotopic (exact) mass is 874 g/mol. The van der Waals surface area contributed by atoms with Gasteiger partial charge in [0.25, 0.3) is 0 Å². The van der Waals surface area contributed by atoms with E-state index >= 15 is 0 Å². The summed E-state index contributed by atoms with van der Waals surface area (Å²) in [5.74, 6) is -0.110. The van der Waals surface area contributed by atoms with Crippen molar-refractivity contribution in [1.29, 1.82) is 0 Å². The van der Waals surface area contributed by atoms with Crippen LogP contribution in [0.1, 0.15) is 296 Å². The van der Waals surface area contributed by atoms with Gasteiger partial charge in [-0.3, -0.25) is 9.59 Å². The van der Waals surface area contributed by atoms with Crippen molar-refractivity contribution in [2.75, 3.05) is 13.2 Å². The molecule has 0 saturated heterocycles. The number of aliphatic hydroxyl groups is 2. The Labute approximate surface area is 386 Å². The number of aliphatic hydroxyl groups excluding tert-OH is 2. The van der Waals surface area contributed by atoms with Crippen LogP contribution in [0.2, 0.25) is 0 Å². The van der Waals surface area contributed by atoms with Gasteiger partial charge in [0.1, 0.15) is 0 Å². The summed E-state index contributed by atoms with van der Waals surface area (Å²) in [5.41, 5.74) is 0. The maximum absolute atomic E-state index is 12.5. The lowest BCUT2D eigenvalue weighted by atomic mass is 10.0. The Morgan fingerprint density at radius 1 is 0.435 bits per heavy atom. The Morgan fingerprint density at radius 3 is 1.18 bits per heavy atom. The van der Waals surface area contributed by atoms with Crippen LogP contribution in [0.15, 0.2) is 24.3 Å². The van der Waals surface area contributed by atoms with Gasteiger partial charge in [-0.1, -0.05) is 250 Å². The zero-order valence-electron chi connectivity index (χ0n) is 41.6. The summed E-state index contributed by atoms with van der Waals surface area (Å²) in [6.45, 7) is 4.85. The van der Waals surface area contributed by atoms with Gasteiger partial charge in [-0.2, -0.15) is 0 Å². The Hall–Kier alpha value is -1.66. The van der Waals surface area contributed by atoms with E-state index in [0.717, 1.165) is 57.8 Å². The Morgan fingerprint density at radius 2 is 0.758 bits per heavy atom. The van der Waals surface area contributed by atoms with Crippen LogP contribution in [0.3, 0.4) is 0 Å². The van der Waals surface area contributed by atoms with Gasteiger partial charge >= 0.3 is 5.97 Å². The van der Waals surface area contributed by atoms with Gasteiger partial charge in [0, 0.05) is 12.8 Å². The first-order chi connectivity index (χ1) is 30.5. The minimum absolute atomic E-state index is 0.0251. The van der Waals surface area contributed by atoms with Gasteiger partial charge in [0.15, 0.2) is 0 Å². The topological polar surface area (TPSA) is 95.9 Å². The van der Waals surface area contributed by atoms with E-state index < -0.39 is 12.1 Å². The molecule has 2 atom stereocenters. The molecular formula is C56H107NO5. The van der Waals surface area contributed by atoms with Crippen molar-refractivity contribution in [1.82, 2.24) is 5.32 Å². The molecule has 0 saturated carbocycles. The van der Waals surface area contributed by atoms with Crippen molar-refractivity contribution in [3.05, 3.63) is 24.3 Å². The molecule has 0 aliphatic rings. The summed E-state index contributed by atoms with van der Waals surface area (Å²) >= 11 is 0. The number of hydrogen-bond acceptors (Lipinski definition) is 5. The van der Waals surface area contributed by atoms with E-state index in [1.54, 1.807) is 6.08 Å². The largest absolute Gasteiger partial charge is 0.466 e. The van der Waals surface area contributed by atoms with Crippen LogP contribution in [-0.2, 0) is 14.3 Å². The predicted octanol–water partition coefficient (Wildman–Crippen LogP) is 16.7. The highest BCUT2D eigenvalue weighted by molar-refractivity contribution is 5.76. The first kappa shape index (κ1) is 60.3. The van der Waals surface area contributed by atoms with E-state index in [1.807, 2.05) is 6.08 Å². The third kappa shape index (κ3) is 47.8. The van der Waals surface area contributed by atoms with Gasteiger partial charge in [-0.15, -0.1) is 0 Å². The van der Waals surface area contributed by atoms with Gasteiger partial charge in [-0.05, 0) is 57.8 Å². The minimum Gasteiger partial charge on any atom is -0.466 e. The molecule has 2 unspecified atom stereocenters. The maximum Gasteiger partial charge on any atom is 0.305 e. The summed E-state index contributed by atoms with van der Waals surface area (Å²) < 4.78 is 5.44. The third-order valence-corrected chi connectivity index (χ3v) is 12.7. The number of ether oxygens (including phenoxy) is 1. The van der Waals surface area contributed by atoms with Crippen molar-refractivity contribution in [3.63, 3.8) is 0 Å². The molecule has 0 rings (SSSR count). The van der Waals surface area contributed by atoms with E-state index in [-0.39, 0.29) is 18.5 Å². The number of allylic oxidation sites excluding steroid dienone is 3. The van der Waals surface area contributed by atoms with Crippen molar-refractivity contribution < 1.29 is 24.5 Å². The molecule has 0 heterocycles. The van der Waals surface area contributed by atoms with Crippen molar-refractivity contribution in [3.8, 4) is 0 Å². The predicted molar refractivity (Wildman–Crippen MR) is 269 cm³/mol. The van der Waals surface area contributed by atoms with Crippen LogP contribution in [0, 0.1) is 0 Å². The highest BCUT2D eigenvalue weighted by Crippen LogP contribution is 2.17. The second kappa shape index (κ2) is 52.0. The fraction of sp³-hybridized carbons (Fsp3) is 0.893. The van der Waals surface area contributed by atoms with E-state index in [1.165, 1.54) is 212 Å². The average Bonchev–Trinajstić information content (AvgIpc) is 3.27. The summed E-state index contributed by atoms with van der Waals surface area (Å²) in [4.78, 5) is 24.5. The number of amides is 1. The van der Waals surface area contributed by atoms with Crippen LogP contribution in [0.4, 0.5) is 0 Å². The molecule has 0 radical (unpaired) electrons. The highest BCUT2D eigenvalue weighted by atomic mass is 16.5. The molecular weight excluding hydrogens is 767 g/mol. The molecule has 62 heavy (non-hydrogen) atoms. The molecule has 1 amide bonds. The summed E-state index contributed by atoms with van der Waals surface area (Å²) in [7, 11) is 0. The van der Waals surface area contributed by atoms with Gasteiger partial charge in [-0.25, -0.2) is 0 Å². The highest BCUT2D eigenvalue weighted by Gasteiger charge is 2.18. The molecule has 366 valence electrons. The van der Waals surface area contributed by atoms with Gasteiger partial charge in [0.05, 0.1) is 25.4 Å². The van der Waals surface area contributed by atoms with E-state index in [9.17, 15) is 19.8 Å². The Kier molecular flexibility index (Phi) is 50.6. The molecule has 6 nitrogen and oxygen atoms in total. The summed E-state index contributed by atoms with van der Waals surface area (Å²) in [6, 6.07) is -0.643. The van der Waals surface area contributed by atoms with E-state index in [4.69, 9.17) is 4.74 Å². The summed E-state index contributed by atoms with van der Waals surface area (Å²) in [6.07, 6.45) is 61.9. The molecule has 0 aromatic rings. The first-order valence-electron chi connectivity index (χ1n) is 27.6. The quantitative estimate of drug-likeness (QED) is 0.0321. The summed E-state index contributed by atoms with van der Waals surface area (Å²) in [5, 5.41) is 23.1. The zero-order chi connectivity index (χ0) is 45.1. The molecule has 0 fully saturated rings. The molecule has 0 bridgehead atoms. The lowest BCUT2D eigenvalue weighted by molar-refractivity contribution is -0.143. The molecule has 0 aliphatic heterocycles. The normalized spacial score (nSPS) is 12.8. The van der Waals surface area contributed by atoms with Crippen molar-refractivity contribution >= 4 is 11.9 Å². The molecule has 0 aromatic carbocycles. The van der Waals surface area contributed by atoms with E-state index in [0.29, 0.717) is 19.4 Å². The van der Waals surface area contributed by atoms with Crippen LogP contribution in [0.25, 0.3) is 0 Å². The van der Waals surface area contributed by atoms with Crippen LogP contribution >= 0.6 is 0 Å². The third-order valence-electron chi connectivity index (χ3n) is 12.7. The SMILES string of the molecule is CCCCC/C=C\CCCCCCCC(=O)OCCCCCCCCCCCCCC(=O)NC(CO)C(O)/C=C/CCCCCCCCCCCCCCCCCCCCCC. The van der Waals surface area contributed by atoms with Crippen molar-refractivity contribution in [2.45, 2.75) is 309 Å². The fourth-order valence-corrected chi connectivity index (χ4v) is 8.45. The first-order valence-corrected chi connectivity index (χ1v) is 27.6. The standard InChI is InChI=1S/C56H107NO5/c1-3-5-7-9-11-13-15-17-18-19-20-21-22-23-24-25-26-28-32-36-40-44-48-54(59)53(52-58)57-55(60)49-45-41-37-33-29-27-31-35-39-43-47-51-62-56(61)50-46-42-38-34-30-16-14-12-10-8-6-4-2/h12,14,44,48,53-54,58-59H,3-11,13,15-43,45-47,49-52H2,1-2H3,(H,57,60)/b14-12-,48-44+. The van der Waals surface area contributed by atoms with Crippen LogP contribution in [-0.4, -0.2) is 47.4 Å². The van der Waals surface area contributed by atoms with Crippen LogP contribution < -0.4 is 5.32 Å². The number of carbonyl (C=O) groups is 2. The number of esters is 1. The number of hydrogen-bond donors (Lipinski definition) is 3. The fourth-order valence-electron chi connectivity index (χ4n) is 8.45. The number of rotatable bonds is 51. The minimum atomic E-state index is -0.857. The lowest BCUT2D eigenvalue weighted by Crippen LogP contribution is -2.45. The van der Waals surface area contributed by atoms with Crippen molar-refractivity contribution in [2.24, 2.45) is 0 Å². The van der Waals surface area contributed by atoms with Gasteiger partial charge < -0.3 is 20.3 Å². The lowest BCUT2D eigenvalue weighted by Gasteiger charge is -2.20.